The van der Waals surface area contributed by atoms with Gasteiger partial charge in [0, 0.05) is 24.0 Å². The van der Waals surface area contributed by atoms with Crippen LogP contribution < -0.4 is 10.1 Å². The lowest BCUT2D eigenvalue weighted by atomic mass is 10.1. The second kappa shape index (κ2) is 10.7. The first kappa shape index (κ1) is 21.7. The molecular weight excluding hydrogens is 380 g/mol. The summed E-state index contributed by atoms with van der Waals surface area (Å²) >= 11 is 0. The van der Waals surface area contributed by atoms with Crippen LogP contribution in [0.2, 0.25) is 0 Å². The van der Waals surface area contributed by atoms with Crippen molar-refractivity contribution in [2.75, 3.05) is 39.9 Å². The number of para-hydroxylation sites is 1. The topological polar surface area (TPSA) is 87.6 Å². The highest BCUT2D eigenvalue weighted by Gasteiger charge is 2.15. The van der Waals surface area contributed by atoms with Crippen LogP contribution in [-0.2, 0) is 0 Å². The summed E-state index contributed by atoms with van der Waals surface area (Å²) in [4.78, 5) is 24.1. The molecule has 0 fully saturated rings. The molecule has 3 rings (SSSR count). The quantitative estimate of drug-likeness (QED) is 0.502. The molecule has 0 bridgehead atoms. The molecule has 0 saturated heterocycles. The predicted octanol–water partition coefficient (Wildman–Crippen LogP) is 2.74. The van der Waals surface area contributed by atoms with E-state index in [4.69, 9.17) is 9.84 Å². The fourth-order valence-electron chi connectivity index (χ4n) is 3.16. The van der Waals surface area contributed by atoms with E-state index in [9.17, 15) is 4.79 Å². The lowest BCUT2D eigenvalue weighted by molar-refractivity contribution is 0.0948. The number of nitrogens with one attached hydrogen (secondary N) is 1. The van der Waals surface area contributed by atoms with Gasteiger partial charge in [-0.15, -0.1) is 0 Å². The van der Waals surface area contributed by atoms with E-state index in [0.29, 0.717) is 31.2 Å². The van der Waals surface area contributed by atoms with Crippen LogP contribution in [0, 0.1) is 0 Å². The van der Waals surface area contributed by atoms with Crippen LogP contribution >= 0.6 is 0 Å². The molecule has 0 radical (unpaired) electrons. The van der Waals surface area contributed by atoms with Gasteiger partial charge >= 0.3 is 0 Å². The number of rotatable bonds is 10. The molecule has 0 aliphatic carbocycles. The molecule has 0 spiro atoms. The molecule has 158 valence electrons. The molecule has 30 heavy (non-hydrogen) atoms. The summed E-state index contributed by atoms with van der Waals surface area (Å²) in [6.45, 7) is 4.62. The van der Waals surface area contributed by atoms with Crippen LogP contribution in [0.4, 0.5) is 0 Å². The molecule has 1 aromatic heterocycles. The highest BCUT2D eigenvalue weighted by atomic mass is 16.5. The number of hydrogen-bond donors (Lipinski definition) is 2. The standard InChI is InChI=1S/C23H28N4O3/c1-3-30-18-11-9-17(10-12-18)22-25-20-8-5-4-7-19(20)21(26-22)23(29)24-13-6-14-27(2)15-16-28/h4-5,7-12,28H,3,6,13-16H2,1-2H3,(H,24,29). The number of ether oxygens (including phenoxy) is 1. The smallest absolute Gasteiger partial charge is 0.270 e. The highest BCUT2D eigenvalue weighted by molar-refractivity contribution is 6.04. The fraction of sp³-hybridized carbons (Fsp3) is 0.348. The highest BCUT2D eigenvalue weighted by Crippen LogP contribution is 2.23. The zero-order chi connectivity index (χ0) is 21.3. The summed E-state index contributed by atoms with van der Waals surface area (Å²) in [7, 11) is 1.94. The number of aromatic nitrogens is 2. The van der Waals surface area contributed by atoms with Gasteiger partial charge in [-0.3, -0.25) is 4.79 Å². The third-order valence-corrected chi connectivity index (χ3v) is 4.73. The molecule has 0 aliphatic heterocycles. The number of amides is 1. The lowest BCUT2D eigenvalue weighted by Gasteiger charge is -2.15. The van der Waals surface area contributed by atoms with Gasteiger partial charge in [0.15, 0.2) is 5.82 Å². The number of hydrogen-bond acceptors (Lipinski definition) is 6. The normalized spacial score (nSPS) is 11.1. The molecule has 1 heterocycles. The minimum absolute atomic E-state index is 0.129. The first-order valence-electron chi connectivity index (χ1n) is 10.2. The maximum Gasteiger partial charge on any atom is 0.270 e. The zero-order valence-corrected chi connectivity index (χ0v) is 17.5. The van der Waals surface area contributed by atoms with Gasteiger partial charge in [-0.2, -0.15) is 0 Å². The largest absolute Gasteiger partial charge is 0.494 e. The molecule has 2 aromatic carbocycles. The maximum absolute atomic E-state index is 12.9. The van der Waals surface area contributed by atoms with Crippen molar-refractivity contribution in [3.8, 4) is 17.1 Å². The average molecular weight is 409 g/mol. The maximum atomic E-state index is 12.9. The molecule has 3 aromatic rings. The fourth-order valence-corrected chi connectivity index (χ4v) is 3.16. The van der Waals surface area contributed by atoms with Crippen LogP contribution in [0.1, 0.15) is 23.8 Å². The Kier molecular flexibility index (Phi) is 7.70. The summed E-state index contributed by atoms with van der Waals surface area (Å²) in [5.41, 5.74) is 1.92. The van der Waals surface area contributed by atoms with E-state index in [0.717, 1.165) is 35.2 Å². The number of carbonyl (C=O) groups is 1. The molecule has 7 heteroatoms. The summed E-state index contributed by atoms with van der Waals surface area (Å²) < 4.78 is 5.49. The van der Waals surface area contributed by atoms with Gasteiger partial charge < -0.3 is 20.1 Å². The number of nitrogens with zero attached hydrogens (tertiary/aromatic N) is 3. The number of likely N-dealkylation sites (N-methyl/N-ethyl adjacent to an activating group) is 1. The van der Waals surface area contributed by atoms with Crippen molar-refractivity contribution >= 4 is 16.8 Å². The van der Waals surface area contributed by atoms with E-state index in [2.05, 4.69) is 15.3 Å². The number of aliphatic hydroxyl groups is 1. The van der Waals surface area contributed by atoms with Gasteiger partial charge in [-0.25, -0.2) is 9.97 Å². The van der Waals surface area contributed by atoms with Crippen LogP contribution in [-0.4, -0.2) is 65.8 Å². The molecule has 7 nitrogen and oxygen atoms in total. The van der Waals surface area contributed by atoms with Crippen LogP contribution in [0.15, 0.2) is 48.5 Å². The van der Waals surface area contributed by atoms with Gasteiger partial charge in [0.2, 0.25) is 0 Å². The summed E-state index contributed by atoms with van der Waals surface area (Å²) in [5, 5.41) is 12.6. The molecule has 0 saturated carbocycles. The second-order valence-corrected chi connectivity index (χ2v) is 7.01. The Morgan fingerprint density at radius 1 is 1.10 bits per heavy atom. The van der Waals surface area contributed by atoms with Crippen molar-refractivity contribution < 1.29 is 14.6 Å². The van der Waals surface area contributed by atoms with E-state index in [-0.39, 0.29) is 12.5 Å². The van der Waals surface area contributed by atoms with E-state index >= 15 is 0 Å². The van der Waals surface area contributed by atoms with Gasteiger partial charge in [-0.1, -0.05) is 18.2 Å². The SMILES string of the molecule is CCOc1ccc(-c2nc(C(=O)NCCCN(C)CCO)c3ccccc3n2)cc1. The van der Waals surface area contributed by atoms with E-state index in [1.807, 2.05) is 67.4 Å². The van der Waals surface area contributed by atoms with Gasteiger partial charge in [0.1, 0.15) is 11.4 Å². The van der Waals surface area contributed by atoms with E-state index < -0.39 is 0 Å². The Morgan fingerprint density at radius 3 is 2.60 bits per heavy atom. The Balaban J connectivity index is 1.80. The van der Waals surface area contributed by atoms with Gasteiger partial charge in [0.05, 0.1) is 18.7 Å². The number of fused-ring (bicyclic) bond motifs is 1. The van der Waals surface area contributed by atoms with Crippen molar-refractivity contribution in [1.82, 2.24) is 20.2 Å². The van der Waals surface area contributed by atoms with Gasteiger partial charge in [-0.05, 0) is 57.3 Å². The van der Waals surface area contributed by atoms with Crippen LogP contribution in [0.25, 0.3) is 22.3 Å². The van der Waals surface area contributed by atoms with Gasteiger partial charge in [0.25, 0.3) is 5.91 Å². The first-order chi connectivity index (χ1) is 14.6. The Bertz CT molecular complexity index is 976. The van der Waals surface area contributed by atoms with Crippen molar-refractivity contribution in [3.63, 3.8) is 0 Å². The third-order valence-electron chi connectivity index (χ3n) is 4.73. The molecule has 2 N–H and O–H groups in total. The van der Waals surface area contributed by atoms with Crippen LogP contribution in [0.5, 0.6) is 5.75 Å². The average Bonchev–Trinajstić information content (AvgIpc) is 2.77. The Morgan fingerprint density at radius 2 is 1.87 bits per heavy atom. The van der Waals surface area contributed by atoms with Crippen molar-refractivity contribution in [2.24, 2.45) is 0 Å². The molecule has 1 amide bonds. The summed E-state index contributed by atoms with van der Waals surface area (Å²) in [6, 6.07) is 15.1. The zero-order valence-electron chi connectivity index (χ0n) is 17.5. The summed E-state index contributed by atoms with van der Waals surface area (Å²) in [5.74, 6) is 1.07. The molecule has 0 aliphatic rings. The minimum Gasteiger partial charge on any atom is -0.494 e. The second-order valence-electron chi connectivity index (χ2n) is 7.01. The van der Waals surface area contributed by atoms with Crippen molar-refractivity contribution in [2.45, 2.75) is 13.3 Å². The molecule has 0 unspecified atom stereocenters. The Labute approximate surface area is 176 Å². The Hall–Kier alpha value is -3.03. The van der Waals surface area contributed by atoms with E-state index in [1.54, 1.807) is 0 Å². The molecular formula is C23H28N4O3. The van der Waals surface area contributed by atoms with Crippen LogP contribution in [0.3, 0.4) is 0 Å². The van der Waals surface area contributed by atoms with Crippen molar-refractivity contribution in [1.29, 1.82) is 0 Å². The third kappa shape index (κ3) is 5.52. The minimum atomic E-state index is -0.217. The molecule has 0 atom stereocenters. The number of aliphatic hydroxyl groups excluding tert-OH is 1. The van der Waals surface area contributed by atoms with Crippen molar-refractivity contribution in [3.05, 3.63) is 54.2 Å². The predicted molar refractivity (Wildman–Crippen MR) is 118 cm³/mol. The lowest BCUT2D eigenvalue weighted by Crippen LogP contribution is -2.30. The summed E-state index contributed by atoms with van der Waals surface area (Å²) in [6.07, 6.45) is 0.789. The number of carbonyl (C=O) groups excluding carboxylic acids is 1. The monoisotopic (exact) mass is 408 g/mol. The number of benzene rings is 2. The first-order valence-corrected chi connectivity index (χ1v) is 10.2. The van der Waals surface area contributed by atoms with E-state index in [1.165, 1.54) is 0 Å².